The zero-order valence-corrected chi connectivity index (χ0v) is 14.6. The van der Waals surface area contributed by atoms with Gasteiger partial charge >= 0.3 is 0 Å². The third-order valence-electron chi connectivity index (χ3n) is 4.11. The predicted octanol–water partition coefficient (Wildman–Crippen LogP) is 1.79. The van der Waals surface area contributed by atoms with Crippen LogP contribution in [0.1, 0.15) is 12.5 Å². The minimum absolute atomic E-state index is 0.480. The van der Waals surface area contributed by atoms with Crippen molar-refractivity contribution in [3.8, 4) is 5.75 Å². The smallest absolute Gasteiger partial charge is 0.135 e. The van der Waals surface area contributed by atoms with Gasteiger partial charge in [0.2, 0.25) is 0 Å². The first kappa shape index (κ1) is 17.9. The summed E-state index contributed by atoms with van der Waals surface area (Å²) in [4.78, 5) is 17.5. The Labute approximate surface area is 152 Å². The molecule has 6 nitrogen and oxygen atoms in total. The molecule has 3 rings (SSSR count). The summed E-state index contributed by atoms with van der Waals surface area (Å²) in [6.45, 7) is 4.79. The van der Waals surface area contributed by atoms with Gasteiger partial charge in [-0.15, -0.1) is 0 Å². The van der Waals surface area contributed by atoms with Gasteiger partial charge in [0.25, 0.3) is 0 Å². The van der Waals surface area contributed by atoms with Crippen LogP contribution in [0.5, 0.6) is 5.75 Å². The lowest BCUT2D eigenvalue weighted by atomic mass is 10.2. The average molecular weight is 353 g/mol. The van der Waals surface area contributed by atoms with Crippen LogP contribution in [0.3, 0.4) is 0 Å². The van der Waals surface area contributed by atoms with Crippen molar-refractivity contribution >= 4 is 23.6 Å². The van der Waals surface area contributed by atoms with Gasteiger partial charge in [-0.2, -0.15) is 0 Å². The van der Waals surface area contributed by atoms with E-state index in [2.05, 4.69) is 22.0 Å². The highest BCUT2D eigenvalue weighted by molar-refractivity contribution is 5.82. The molecule has 0 aliphatic carbocycles. The molecule has 6 heteroatoms. The van der Waals surface area contributed by atoms with Gasteiger partial charge in [0.05, 0.1) is 24.9 Å². The normalized spacial score (nSPS) is 15.8. The molecule has 0 unspecified atom stereocenters. The first-order valence-corrected chi connectivity index (χ1v) is 8.56. The number of rotatable bonds is 6. The molecule has 136 valence electrons. The van der Waals surface area contributed by atoms with Crippen molar-refractivity contribution in [2.24, 2.45) is 4.99 Å². The maximum absolute atomic E-state index is 10.7. The summed E-state index contributed by atoms with van der Waals surface area (Å²) in [5.74, 6) is -0.759. The Morgan fingerprint density at radius 1 is 1.15 bits per heavy atom. The van der Waals surface area contributed by atoms with Gasteiger partial charge in [-0.1, -0.05) is 0 Å². The van der Waals surface area contributed by atoms with Crippen LogP contribution in [0.4, 0.5) is 11.4 Å². The Morgan fingerprint density at radius 3 is 2.42 bits per heavy atom. The summed E-state index contributed by atoms with van der Waals surface area (Å²) >= 11 is 0. The summed E-state index contributed by atoms with van der Waals surface area (Å²) in [5.41, 5.74) is 2.94. The Bertz CT molecular complexity index is 750. The van der Waals surface area contributed by atoms with Crippen LogP contribution in [0.15, 0.2) is 53.5 Å². The maximum Gasteiger partial charge on any atom is 0.135 e. The number of benzene rings is 2. The van der Waals surface area contributed by atoms with Gasteiger partial charge in [0, 0.05) is 25.0 Å². The van der Waals surface area contributed by atoms with Crippen molar-refractivity contribution in [1.29, 1.82) is 0 Å². The van der Waals surface area contributed by atoms with Crippen LogP contribution < -0.4 is 14.7 Å². The molecule has 1 heterocycles. The van der Waals surface area contributed by atoms with E-state index >= 15 is 0 Å². The van der Waals surface area contributed by atoms with Gasteiger partial charge in [0.15, 0.2) is 0 Å². The molecular formula is C20H21N2O4-. The number of carboxylic acid groups (broad SMARTS) is 1. The van der Waals surface area contributed by atoms with Crippen LogP contribution in [0.25, 0.3) is 0 Å². The van der Waals surface area contributed by atoms with Gasteiger partial charge in [-0.3, -0.25) is 4.99 Å². The summed E-state index contributed by atoms with van der Waals surface area (Å²) in [6.07, 6.45) is 0.773. The molecule has 26 heavy (non-hydrogen) atoms. The number of morpholine rings is 1. The zero-order valence-electron chi connectivity index (χ0n) is 14.6. The first-order chi connectivity index (χ1) is 12.6. The average Bonchev–Trinajstić information content (AvgIpc) is 2.68. The lowest BCUT2D eigenvalue weighted by Gasteiger charge is -2.28. The van der Waals surface area contributed by atoms with Crippen molar-refractivity contribution in [2.75, 3.05) is 31.2 Å². The van der Waals surface area contributed by atoms with E-state index in [-0.39, 0.29) is 0 Å². The largest absolute Gasteiger partial charge is 0.546 e. The zero-order chi connectivity index (χ0) is 18.4. The van der Waals surface area contributed by atoms with Gasteiger partial charge in [-0.25, -0.2) is 0 Å². The third-order valence-corrected chi connectivity index (χ3v) is 4.11. The van der Waals surface area contributed by atoms with Crippen LogP contribution in [-0.2, 0) is 9.53 Å². The molecule has 2 aromatic rings. The molecule has 1 fully saturated rings. The fraction of sp³-hybridized carbons (Fsp3) is 0.300. The number of aliphatic imine (C=N–C) groups is 1. The van der Waals surface area contributed by atoms with Crippen LogP contribution in [-0.4, -0.2) is 44.6 Å². The van der Waals surface area contributed by atoms with Crippen molar-refractivity contribution in [3.63, 3.8) is 0 Å². The second-order valence-electron chi connectivity index (χ2n) is 6.02. The van der Waals surface area contributed by atoms with Crippen molar-refractivity contribution in [2.45, 2.75) is 13.0 Å². The summed E-state index contributed by atoms with van der Waals surface area (Å²) < 4.78 is 10.6. The topological polar surface area (TPSA) is 74.2 Å². The standard InChI is InChI=1S/C20H22N2O4/c1-15(20(23)24)26-19-8-2-16(3-9-19)14-21-17-4-6-18(7-5-17)22-10-12-25-13-11-22/h2-9,14-15H,10-13H2,1H3,(H,23,24)/p-1/t15-/m0/s1. The fourth-order valence-electron chi connectivity index (χ4n) is 2.60. The Kier molecular flexibility index (Phi) is 5.86. The number of carboxylic acids is 1. The van der Waals surface area contributed by atoms with E-state index < -0.39 is 12.1 Å². The van der Waals surface area contributed by atoms with Crippen LogP contribution >= 0.6 is 0 Å². The highest BCUT2D eigenvalue weighted by atomic mass is 16.5. The van der Waals surface area contributed by atoms with E-state index in [0.717, 1.165) is 37.6 Å². The van der Waals surface area contributed by atoms with Gasteiger partial charge in [0.1, 0.15) is 11.9 Å². The molecule has 2 aromatic carbocycles. The number of anilines is 1. The molecule has 0 radical (unpaired) electrons. The summed E-state index contributed by atoms with van der Waals surface area (Å²) in [5, 5.41) is 10.7. The van der Waals surface area contributed by atoms with E-state index in [1.807, 2.05) is 24.3 Å². The Balaban J connectivity index is 1.59. The van der Waals surface area contributed by atoms with E-state index in [0.29, 0.717) is 5.75 Å². The minimum Gasteiger partial charge on any atom is -0.546 e. The molecule has 0 N–H and O–H groups in total. The Hall–Kier alpha value is -2.86. The lowest BCUT2D eigenvalue weighted by molar-refractivity contribution is -0.312. The van der Waals surface area contributed by atoms with E-state index in [4.69, 9.17) is 9.47 Å². The SMILES string of the molecule is C[C@H](Oc1ccc(C=Nc2ccc(N3CCOCC3)cc2)cc1)C(=O)[O-]. The molecule has 1 aliphatic rings. The molecule has 1 saturated heterocycles. The van der Waals surface area contributed by atoms with Crippen molar-refractivity contribution < 1.29 is 19.4 Å². The fourth-order valence-corrected chi connectivity index (χ4v) is 2.60. The molecule has 1 atom stereocenters. The van der Waals surface area contributed by atoms with E-state index in [9.17, 15) is 9.90 Å². The maximum atomic E-state index is 10.7. The molecule has 0 aromatic heterocycles. The summed E-state index contributed by atoms with van der Waals surface area (Å²) in [6, 6.07) is 15.2. The predicted molar refractivity (Wildman–Crippen MR) is 98.3 cm³/mol. The quantitative estimate of drug-likeness (QED) is 0.740. The minimum atomic E-state index is -1.24. The number of carbonyl (C=O) groups is 1. The number of hydrogen-bond donors (Lipinski definition) is 0. The highest BCUT2D eigenvalue weighted by Gasteiger charge is 2.10. The number of hydrogen-bond acceptors (Lipinski definition) is 6. The number of ether oxygens (including phenoxy) is 2. The van der Waals surface area contributed by atoms with Crippen LogP contribution in [0.2, 0.25) is 0 Å². The molecular weight excluding hydrogens is 332 g/mol. The van der Waals surface area contributed by atoms with E-state index in [1.165, 1.54) is 12.6 Å². The number of aliphatic carboxylic acids is 1. The van der Waals surface area contributed by atoms with Crippen molar-refractivity contribution in [3.05, 3.63) is 54.1 Å². The van der Waals surface area contributed by atoms with Crippen molar-refractivity contribution in [1.82, 2.24) is 0 Å². The lowest BCUT2D eigenvalue weighted by Crippen LogP contribution is -2.37. The second-order valence-corrected chi connectivity index (χ2v) is 6.02. The van der Waals surface area contributed by atoms with Crippen LogP contribution in [0, 0.1) is 0 Å². The molecule has 0 saturated carbocycles. The first-order valence-electron chi connectivity index (χ1n) is 8.56. The van der Waals surface area contributed by atoms with Gasteiger partial charge < -0.3 is 24.3 Å². The second kappa shape index (κ2) is 8.49. The molecule has 0 bridgehead atoms. The third kappa shape index (κ3) is 4.83. The van der Waals surface area contributed by atoms with Gasteiger partial charge in [-0.05, 0) is 61.0 Å². The summed E-state index contributed by atoms with van der Waals surface area (Å²) in [7, 11) is 0. The van der Waals surface area contributed by atoms with E-state index in [1.54, 1.807) is 18.3 Å². The monoisotopic (exact) mass is 353 g/mol. The molecule has 1 aliphatic heterocycles. The highest BCUT2D eigenvalue weighted by Crippen LogP contribution is 2.21. The number of carbonyl (C=O) groups excluding carboxylic acids is 1. The molecule has 0 amide bonds. The Morgan fingerprint density at radius 2 is 1.81 bits per heavy atom. The number of nitrogens with zero attached hydrogens (tertiary/aromatic N) is 2. The molecule has 0 spiro atoms.